The molecule has 0 saturated carbocycles. The summed E-state index contributed by atoms with van der Waals surface area (Å²) in [5, 5.41) is -0.0828. The highest BCUT2D eigenvalue weighted by molar-refractivity contribution is 7.91. The van der Waals surface area contributed by atoms with Crippen molar-refractivity contribution in [2.24, 2.45) is 0 Å². The Balaban J connectivity index is 2.07. The van der Waals surface area contributed by atoms with Crippen LogP contribution in [0.5, 0.6) is 0 Å². The number of hydrogen-bond donors (Lipinski definition) is 0. The number of aryl methyl sites for hydroxylation is 1. The molecule has 0 aliphatic rings. The Kier molecular flexibility index (Phi) is 6.69. The fourth-order valence-electron chi connectivity index (χ4n) is 2.96. The lowest BCUT2D eigenvalue weighted by molar-refractivity contribution is 0.0981. The van der Waals surface area contributed by atoms with E-state index in [1.807, 2.05) is 6.92 Å². The van der Waals surface area contributed by atoms with Crippen LogP contribution in [0.15, 0.2) is 71.6 Å². The van der Waals surface area contributed by atoms with E-state index in [2.05, 4.69) is 0 Å². The Hall–Kier alpha value is -1.85. The van der Waals surface area contributed by atoms with E-state index in [0.717, 1.165) is 5.56 Å². The zero-order chi connectivity index (χ0) is 21.2. The van der Waals surface area contributed by atoms with E-state index in [1.54, 1.807) is 48.5 Å². The second kappa shape index (κ2) is 8.88. The molecular weight excluding hydrogens is 451 g/mol. The first-order valence-corrected chi connectivity index (χ1v) is 11.4. The molecule has 0 fully saturated rings. The van der Waals surface area contributed by atoms with Gasteiger partial charge in [0.15, 0.2) is 15.6 Å². The van der Waals surface area contributed by atoms with E-state index in [0.29, 0.717) is 21.2 Å². The van der Waals surface area contributed by atoms with Crippen LogP contribution >= 0.6 is 34.8 Å². The Morgan fingerprint density at radius 1 is 0.862 bits per heavy atom. The fraction of sp³-hybridized carbons (Fsp3) is 0.136. The molecule has 0 heterocycles. The normalized spacial score (nSPS) is 12.6. The Bertz CT molecular complexity index is 1140. The maximum absolute atomic E-state index is 13.4. The lowest BCUT2D eigenvalue weighted by Gasteiger charge is -2.19. The highest BCUT2D eigenvalue weighted by Gasteiger charge is 2.33. The Morgan fingerprint density at radius 2 is 1.45 bits per heavy atom. The van der Waals surface area contributed by atoms with Gasteiger partial charge in [-0.2, -0.15) is 0 Å². The molecule has 3 aromatic rings. The van der Waals surface area contributed by atoms with Crippen molar-refractivity contribution in [3.05, 3.63) is 98.5 Å². The Labute approximate surface area is 185 Å². The zero-order valence-electron chi connectivity index (χ0n) is 15.4. The van der Waals surface area contributed by atoms with Crippen LogP contribution in [0.1, 0.15) is 33.2 Å². The smallest absolute Gasteiger partial charge is 0.185 e. The minimum absolute atomic E-state index is 0.128. The number of sulfone groups is 1. The molecule has 0 bridgehead atoms. The monoisotopic (exact) mass is 466 g/mol. The zero-order valence-corrected chi connectivity index (χ0v) is 18.5. The van der Waals surface area contributed by atoms with E-state index in [9.17, 15) is 13.2 Å². The molecule has 0 aromatic heterocycles. The molecule has 0 N–H and O–H groups in total. The minimum Gasteiger partial charge on any atom is -0.294 e. The number of hydrogen-bond acceptors (Lipinski definition) is 3. The average molecular weight is 468 g/mol. The predicted octanol–water partition coefficient (Wildman–Crippen LogP) is 6.74. The van der Waals surface area contributed by atoms with Gasteiger partial charge in [-0.25, -0.2) is 8.42 Å². The number of ketones is 1. The Morgan fingerprint density at radius 3 is 2.03 bits per heavy atom. The first-order chi connectivity index (χ1) is 13.7. The first-order valence-electron chi connectivity index (χ1n) is 8.73. The van der Waals surface area contributed by atoms with Crippen molar-refractivity contribution in [1.82, 2.24) is 0 Å². The number of benzene rings is 3. The van der Waals surface area contributed by atoms with E-state index in [4.69, 9.17) is 34.8 Å². The summed E-state index contributed by atoms with van der Waals surface area (Å²) in [5.74, 6) is -0.326. The van der Waals surface area contributed by atoms with Crippen LogP contribution in [0.4, 0.5) is 0 Å². The maximum atomic E-state index is 13.4. The van der Waals surface area contributed by atoms with Crippen LogP contribution in [0.2, 0.25) is 15.1 Å². The van der Waals surface area contributed by atoms with Crippen molar-refractivity contribution in [3.63, 3.8) is 0 Å². The molecule has 0 amide bonds. The summed E-state index contributed by atoms with van der Waals surface area (Å²) in [6.45, 7) is 1.87. The molecule has 7 heteroatoms. The van der Waals surface area contributed by atoms with Gasteiger partial charge < -0.3 is 0 Å². The number of rotatable bonds is 6. The number of carbonyl (C=O) groups is 1. The molecule has 0 saturated heterocycles. The van der Waals surface area contributed by atoms with Crippen LogP contribution in [0.25, 0.3) is 0 Å². The van der Waals surface area contributed by atoms with Gasteiger partial charge >= 0.3 is 0 Å². The molecule has 3 nitrogen and oxygen atoms in total. The van der Waals surface area contributed by atoms with Crippen molar-refractivity contribution in [2.75, 3.05) is 0 Å². The van der Waals surface area contributed by atoms with Gasteiger partial charge in [0, 0.05) is 27.1 Å². The summed E-state index contributed by atoms with van der Waals surface area (Å²) in [4.78, 5) is 13.0. The van der Waals surface area contributed by atoms with Crippen LogP contribution < -0.4 is 0 Å². The largest absolute Gasteiger partial charge is 0.294 e. The molecule has 0 spiro atoms. The standard InChI is InChI=1S/C22H17Cl3O3S/c1-14-2-9-18(10-3-14)29(27,28)22(19-11-8-17(24)12-20(19)25)13-21(26)15-4-6-16(23)7-5-15/h2-12,22H,13H2,1H3/t22-/m0/s1. The van der Waals surface area contributed by atoms with Crippen molar-refractivity contribution in [3.8, 4) is 0 Å². The predicted molar refractivity (Wildman–Crippen MR) is 118 cm³/mol. The molecule has 1 atom stereocenters. The van der Waals surface area contributed by atoms with Gasteiger partial charge in [-0.15, -0.1) is 0 Å². The average Bonchev–Trinajstić information content (AvgIpc) is 2.67. The van der Waals surface area contributed by atoms with E-state index in [-0.39, 0.29) is 22.1 Å². The SMILES string of the molecule is Cc1ccc(S(=O)(=O)[C@@H](CC(=O)c2ccc(Cl)cc2)c2ccc(Cl)cc2Cl)cc1. The molecular formula is C22H17Cl3O3S. The van der Waals surface area contributed by atoms with Gasteiger partial charge in [-0.05, 0) is 61.0 Å². The second-order valence-corrected chi connectivity index (χ2v) is 10.1. The van der Waals surface area contributed by atoms with Gasteiger partial charge in [0.25, 0.3) is 0 Å². The molecule has 0 unspecified atom stereocenters. The highest BCUT2D eigenvalue weighted by atomic mass is 35.5. The molecule has 0 aliphatic carbocycles. The van der Waals surface area contributed by atoms with Gasteiger partial charge in [-0.3, -0.25) is 4.79 Å². The molecule has 0 radical (unpaired) electrons. The van der Waals surface area contributed by atoms with E-state index < -0.39 is 15.1 Å². The summed E-state index contributed by atoms with van der Waals surface area (Å²) in [5.41, 5.74) is 1.64. The molecule has 150 valence electrons. The topological polar surface area (TPSA) is 51.2 Å². The number of carbonyl (C=O) groups excluding carboxylic acids is 1. The summed E-state index contributed by atoms with van der Waals surface area (Å²) >= 11 is 18.2. The maximum Gasteiger partial charge on any atom is 0.185 e. The minimum atomic E-state index is -3.89. The van der Waals surface area contributed by atoms with Gasteiger partial charge in [0.2, 0.25) is 0 Å². The lowest BCUT2D eigenvalue weighted by atomic mass is 10.0. The van der Waals surface area contributed by atoms with Crippen molar-refractivity contribution < 1.29 is 13.2 Å². The summed E-state index contributed by atoms with van der Waals surface area (Å²) in [6, 6.07) is 17.4. The summed E-state index contributed by atoms with van der Waals surface area (Å²) in [6.07, 6.45) is -0.265. The van der Waals surface area contributed by atoms with Crippen molar-refractivity contribution in [1.29, 1.82) is 0 Å². The fourth-order valence-corrected chi connectivity index (χ4v) is 5.45. The van der Waals surface area contributed by atoms with Gasteiger partial charge in [0.1, 0.15) is 0 Å². The van der Waals surface area contributed by atoms with Crippen LogP contribution in [0.3, 0.4) is 0 Å². The quantitative estimate of drug-likeness (QED) is 0.377. The molecule has 3 aromatic carbocycles. The summed E-state index contributed by atoms with van der Waals surface area (Å²) < 4.78 is 26.9. The molecule has 0 aliphatic heterocycles. The molecule has 3 rings (SSSR count). The van der Waals surface area contributed by atoms with Crippen molar-refractivity contribution >= 4 is 50.4 Å². The number of Topliss-reactive ketones (excluding diaryl/α,β-unsaturated/α-hetero) is 1. The summed E-state index contributed by atoms with van der Waals surface area (Å²) in [7, 11) is -3.89. The van der Waals surface area contributed by atoms with Crippen LogP contribution in [-0.4, -0.2) is 14.2 Å². The lowest BCUT2D eigenvalue weighted by Crippen LogP contribution is -2.18. The number of halogens is 3. The molecule has 29 heavy (non-hydrogen) atoms. The first kappa shape index (κ1) is 21.8. The third-order valence-corrected chi connectivity index (χ3v) is 7.48. The van der Waals surface area contributed by atoms with Gasteiger partial charge in [0.05, 0.1) is 10.1 Å². The van der Waals surface area contributed by atoms with Crippen LogP contribution in [-0.2, 0) is 9.84 Å². The van der Waals surface area contributed by atoms with E-state index in [1.165, 1.54) is 18.2 Å². The second-order valence-electron chi connectivity index (χ2n) is 6.65. The third kappa shape index (κ3) is 5.01. The van der Waals surface area contributed by atoms with Gasteiger partial charge in [-0.1, -0.05) is 58.6 Å². The van der Waals surface area contributed by atoms with E-state index >= 15 is 0 Å². The third-order valence-electron chi connectivity index (χ3n) is 4.57. The van der Waals surface area contributed by atoms with Crippen LogP contribution in [0, 0.1) is 6.92 Å². The van der Waals surface area contributed by atoms with Crippen molar-refractivity contribution in [2.45, 2.75) is 23.5 Å². The highest BCUT2D eigenvalue weighted by Crippen LogP contribution is 2.37.